The molecule has 1 fully saturated rings. The minimum absolute atomic E-state index is 0.195. The highest BCUT2D eigenvalue weighted by Gasteiger charge is 2.23. The van der Waals surface area contributed by atoms with E-state index >= 15 is 0 Å². The predicted octanol–water partition coefficient (Wildman–Crippen LogP) is 4.14. The van der Waals surface area contributed by atoms with Crippen LogP contribution in [-0.4, -0.2) is 63.7 Å². The molecule has 5 rings (SSSR count). The molecule has 11 heteroatoms. The summed E-state index contributed by atoms with van der Waals surface area (Å²) in [5.74, 6) is 0.549. The summed E-state index contributed by atoms with van der Waals surface area (Å²) in [5.41, 5.74) is 3.13. The van der Waals surface area contributed by atoms with Gasteiger partial charge in [-0.1, -0.05) is 47.2 Å². The second kappa shape index (κ2) is 10.3. The fourth-order valence-electron chi connectivity index (χ4n) is 4.17. The van der Waals surface area contributed by atoms with Gasteiger partial charge in [-0.25, -0.2) is 9.78 Å². The van der Waals surface area contributed by atoms with Crippen LogP contribution in [0.1, 0.15) is 11.3 Å². The molecule has 3 heterocycles. The zero-order valence-electron chi connectivity index (χ0n) is 19.9. The van der Waals surface area contributed by atoms with E-state index in [2.05, 4.69) is 15.3 Å². The van der Waals surface area contributed by atoms with Crippen LogP contribution in [0.4, 0.5) is 10.5 Å². The van der Waals surface area contributed by atoms with Crippen molar-refractivity contribution in [2.24, 2.45) is 0 Å². The largest absolute Gasteiger partial charge is 0.495 e. The summed E-state index contributed by atoms with van der Waals surface area (Å²) < 4.78 is 6.67. The molecule has 0 spiro atoms. The van der Waals surface area contributed by atoms with E-state index in [9.17, 15) is 9.59 Å². The SMILES string of the molecule is COc1ccc(Cl)cc1NC(=O)N1CCN(Cc2cc(=O)n3nc(-c4ccccc4C)sc3n2)CC1. The molecule has 0 radical (unpaired) electrons. The third-order valence-electron chi connectivity index (χ3n) is 6.12. The van der Waals surface area contributed by atoms with Gasteiger partial charge in [-0.3, -0.25) is 9.69 Å². The number of hydrogen-bond donors (Lipinski definition) is 1. The summed E-state index contributed by atoms with van der Waals surface area (Å²) in [6.45, 7) is 4.98. The molecule has 4 aromatic rings. The summed E-state index contributed by atoms with van der Waals surface area (Å²) in [4.78, 5) is 34.7. The topological polar surface area (TPSA) is 92.1 Å². The van der Waals surface area contributed by atoms with Gasteiger partial charge in [0, 0.05) is 49.4 Å². The highest BCUT2D eigenvalue weighted by atomic mass is 35.5. The summed E-state index contributed by atoms with van der Waals surface area (Å²) in [7, 11) is 1.55. The monoisotopic (exact) mass is 524 g/mol. The van der Waals surface area contributed by atoms with Crippen molar-refractivity contribution < 1.29 is 9.53 Å². The molecule has 2 aromatic heterocycles. The lowest BCUT2D eigenvalue weighted by atomic mass is 10.1. The van der Waals surface area contributed by atoms with Gasteiger partial charge in [0.05, 0.1) is 18.5 Å². The first kappa shape index (κ1) is 24.2. The Morgan fingerprint density at radius 3 is 2.67 bits per heavy atom. The molecule has 2 aromatic carbocycles. The quantitative estimate of drug-likeness (QED) is 0.422. The molecule has 1 aliphatic heterocycles. The lowest BCUT2D eigenvalue weighted by Gasteiger charge is -2.34. The number of hydrogen-bond acceptors (Lipinski definition) is 7. The van der Waals surface area contributed by atoms with Crippen molar-refractivity contribution in [3.63, 3.8) is 0 Å². The molecular weight excluding hydrogens is 500 g/mol. The molecular formula is C25H25ClN6O3S. The van der Waals surface area contributed by atoms with E-state index in [4.69, 9.17) is 21.3 Å². The molecule has 9 nitrogen and oxygen atoms in total. The highest BCUT2D eigenvalue weighted by Crippen LogP contribution is 2.29. The number of anilines is 1. The fraction of sp³-hybridized carbons (Fsp3) is 0.280. The Morgan fingerprint density at radius 2 is 1.92 bits per heavy atom. The molecule has 0 bridgehead atoms. The van der Waals surface area contributed by atoms with E-state index in [0.717, 1.165) is 16.1 Å². The van der Waals surface area contributed by atoms with Crippen molar-refractivity contribution in [3.05, 3.63) is 75.2 Å². The molecule has 1 N–H and O–H groups in total. The van der Waals surface area contributed by atoms with E-state index in [1.54, 1.807) is 36.3 Å². The maximum Gasteiger partial charge on any atom is 0.322 e. The van der Waals surface area contributed by atoms with Gasteiger partial charge < -0.3 is 15.0 Å². The fourth-order valence-corrected chi connectivity index (χ4v) is 5.36. The number of methoxy groups -OCH3 is 1. The molecule has 36 heavy (non-hydrogen) atoms. The summed E-state index contributed by atoms with van der Waals surface area (Å²) in [6, 6.07) is 14.4. The highest BCUT2D eigenvalue weighted by molar-refractivity contribution is 7.19. The van der Waals surface area contributed by atoms with Crippen molar-refractivity contribution in [3.8, 4) is 16.3 Å². The van der Waals surface area contributed by atoms with E-state index in [0.29, 0.717) is 59.8 Å². The molecule has 2 amide bonds. The zero-order valence-corrected chi connectivity index (χ0v) is 21.5. The molecule has 0 aliphatic carbocycles. The maximum atomic E-state index is 12.8. The van der Waals surface area contributed by atoms with E-state index in [1.807, 2.05) is 31.2 Å². The number of urea groups is 1. The smallest absolute Gasteiger partial charge is 0.322 e. The number of halogens is 1. The normalized spacial score (nSPS) is 14.2. The first-order chi connectivity index (χ1) is 17.4. The van der Waals surface area contributed by atoms with E-state index in [1.165, 1.54) is 15.9 Å². The maximum absolute atomic E-state index is 12.8. The van der Waals surface area contributed by atoms with Crippen molar-refractivity contribution >= 4 is 39.6 Å². The third-order valence-corrected chi connectivity index (χ3v) is 7.30. The van der Waals surface area contributed by atoms with Crippen molar-refractivity contribution in [1.29, 1.82) is 0 Å². The van der Waals surface area contributed by atoms with Crippen molar-refractivity contribution in [2.45, 2.75) is 13.5 Å². The van der Waals surface area contributed by atoms with Crippen LogP contribution in [0.2, 0.25) is 5.02 Å². The van der Waals surface area contributed by atoms with Gasteiger partial charge in [0.1, 0.15) is 10.8 Å². The van der Waals surface area contributed by atoms with Gasteiger partial charge in [0.2, 0.25) is 4.96 Å². The summed E-state index contributed by atoms with van der Waals surface area (Å²) in [5, 5.41) is 8.66. The number of piperazine rings is 1. The first-order valence-electron chi connectivity index (χ1n) is 11.5. The van der Waals surface area contributed by atoms with Crippen LogP contribution < -0.4 is 15.6 Å². The van der Waals surface area contributed by atoms with Crippen LogP contribution in [0.3, 0.4) is 0 Å². The number of aromatic nitrogens is 3. The van der Waals surface area contributed by atoms with Crippen LogP contribution >= 0.6 is 22.9 Å². The van der Waals surface area contributed by atoms with Crippen LogP contribution in [0.25, 0.3) is 15.5 Å². The minimum Gasteiger partial charge on any atom is -0.495 e. The Kier molecular flexibility index (Phi) is 6.90. The van der Waals surface area contributed by atoms with Crippen molar-refractivity contribution in [1.82, 2.24) is 24.4 Å². The minimum atomic E-state index is -0.207. The van der Waals surface area contributed by atoms with Gasteiger partial charge in [0.25, 0.3) is 5.56 Å². The lowest BCUT2D eigenvalue weighted by molar-refractivity contribution is 0.142. The van der Waals surface area contributed by atoms with E-state index in [-0.39, 0.29) is 11.6 Å². The summed E-state index contributed by atoms with van der Waals surface area (Å²) in [6.07, 6.45) is 0. The van der Waals surface area contributed by atoms with Crippen molar-refractivity contribution in [2.75, 3.05) is 38.6 Å². The molecule has 186 valence electrons. The zero-order chi connectivity index (χ0) is 25.2. The van der Waals surface area contributed by atoms with Crippen LogP contribution in [-0.2, 0) is 6.54 Å². The van der Waals surface area contributed by atoms with Crippen LogP contribution in [0, 0.1) is 6.92 Å². The molecule has 0 atom stereocenters. The van der Waals surface area contributed by atoms with Gasteiger partial charge in [-0.15, -0.1) is 0 Å². The summed E-state index contributed by atoms with van der Waals surface area (Å²) >= 11 is 7.47. The molecule has 0 unspecified atom stereocenters. The Labute approximate surface area is 216 Å². The Balaban J connectivity index is 1.24. The Morgan fingerprint density at radius 1 is 1.14 bits per heavy atom. The van der Waals surface area contributed by atoms with Crippen LogP contribution in [0.5, 0.6) is 5.75 Å². The van der Waals surface area contributed by atoms with Gasteiger partial charge >= 0.3 is 6.03 Å². The number of carbonyl (C=O) groups is 1. The van der Waals surface area contributed by atoms with Gasteiger partial charge in [-0.05, 0) is 30.7 Å². The Bertz CT molecular complexity index is 1480. The number of nitrogens with one attached hydrogen (secondary N) is 1. The predicted molar refractivity (Wildman–Crippen MR) is 141 cm³/mol. The number of aryl methyl sites for hydroxylation is 1. The number of ether oxygens (including phenoxy) is 1. The molecule has 1 aliphatic rings. The number of carbonyl (C=O) groups excluding carboxylic acids is 1. The van der Waals surface area contributed by atoms with Gasteiger partial charge in [-0.2, -0.15) is 9.61 Å². The van der Waals surface area contributed by atoms with Gasteiger partial charge in [0.15, 0.2) is 0 Å². The second-order valence-corrected chi connectivity index (χ2v) is 9.93. The lowest BCUT2D eigenvalue weighted by Crippen LogP contribution is -2.49. The van der Waals surface area contributed by atoms with Crippen LogP contribution in [0.15, 0.2) is 53.3 Å². The number of rotatable bonds is 5. The Hall–Kier alpha value is -3.47. The standard InChI is InChI=1S/C25H25ClN6O3S/c1-16-5-3-4-6-19(16)23-29-32-22(33)14-18(27-25(32)36-23)15-30-9-11-31(12-10-30)24(34)28-20-13-17(26)7-8-21(20)35-2/h3-8,13-14H,9-12,15H2,1-2H3,(H,28,34). The number of nitrogens with zero attached hydrogens (tertiary/aromatic N) is 5. The molecule has 0 saturated carbocycles. The molecule has 1 saturated heterocycles. The second-order valence-electron chi connectivity index (χ2n) is 8.54. The number of amides is 2. The number of fused-ring (bicyclic) bond motifs is 1. The first-order valence-corrected chi connectivity index (χ1v) is 12.7. The number of benzene rings is 2. The van der Waals surface area contributed by atoms with E-state index < -0.39 is 0 Å². The average molecular weight is 525 g/mol. The average Bonchev–Trinajstić information content (AvgIpc) is 3.29. The third kappa shape index (κ3) is 5.06.